The smallest absolute Gasteiger partial charge is 0.407 e. The molecule has 0 fully saturated rings. The number of rotatable bonds is 12. The van der Waals surface area contributed by atoms with E-state index in [-0.39, 0.29) is 31.3 Å². The molecule has 0 radical (unpaired) electrons. The number of carboxylic acid groups (broad SMARTS) is 1. The summed E-state index contributed by atoms with van der Waals surface area (Å²) in [4.78, 5) is 35.5. The first-order valence-electron chi connectivity index (χ1n) is 11.2. The Morgan fingerprint density at radius 2 is 1.64 bits per heavy atom. The van der Waals surface area contributed by atoms with Gasteiger partial charge in [-0.1, -0.05) is 61.0 Å². The van der Waals surface area contributed by atoms with Crippen LogP contribution in [0.3, 0.4) is 0 Å². The number of hydrogen-bond donors (Lipinski definition) is 3. The molecule has 0 heterocycles. The lowest BCUT2D eigenvalue weighted by Gasteiger charge is -2.19. The summed E-state index contributed by atoms with van der Waals surface area (Å²) < 4.78 is 5.53. The summed E-state index contributed by atoms with van der Waals surface area (Å²) in [5, 5.41) is 14.1. The molecule has 3 N–H and O–H groups in total. The molecule has 2 amide bonds. The number of fused-ring (bicyclic) bond motifs is 3. The zero-order valence-corrected chi connectivity index (χ0v) is 18.6. The minimum atomic E-state index is -0.822. The van der Waals surface area contributed by atoms with E-state index in [0.29, 0.717) is 25.8 Å². The lowest BCUT2D eigenvalue weighted by molar-refractivity contribution is -0.137. The molecule has 0 aromatic heterocycles. The van der Waals surface area contributed by atoms with Crippen molar-refractivity contribution in [3.63, 3.8) is 0 Å². The third-order valence-electron chi connectivity index (χ3n) is 5.72. The molecular formula is C26H30N2O5. The number of nitrogens with one attached hydrogen (secondary N) is 2. The summed E-state index contributed by atoms with van der Waals surface area (Å²) in [5.41, 5.74) is 4.54. The first-order chi connectivity index (χ1) is 16.0. The summed E-state index contributed by atoms with van der Waals surface area (Å²) in [5.74, 6) is -1.19. The van der Waals surface area contributed by atoms with Crippen LogP contribution in [-0.4, -0.2) is 42.3 Å². The quantitative estimate of drug-likeness (QED) is 0.332. The summed E-state index contributed by atoms with van der Waals surface area (Å²) in [6.07, 6.45) is 3.26. The van der Waals surface area contributed by atoms with E-state index in [0.717, 1.165) is 22.3 Å². The number of hydrogen-bond acceptors (Lipinski definition) is 4. The molecule has 7 heteroatoms. The fourth-order valence-corrected chi connectivity index (χ4v) is 4.09. The maximum absolute atomic E-state index is 12.5. The third-order valence-corrected chi connectivity index (χ3v) is 5.72. The number of benzene rings is 2. The number of aliphatic carboxylic acids is 1. The Morgan fingerprint density at radius 3 is 2.24 bits per heavy atom. The summed E-state index contributed by atoms with van der Waals surface area (Å²) >= 11 is 0. The van der Waals surface area contributed by atoms with Crippen molar-refractivity contribution in [2.75, 3.05) is 13.2 Å². The Bertz CT molecular complexity index is 958. The fraction of sp³-hybridized carbons (Fsp3) is 0.346. The van der Waals surface area contributed by atoms with Gasteiger partial charge in [0.25, 0.3) is 0 Å². The molecule has 2 aromatic carbocycles. The number of amides is 2. The van der Waals surface area contributed by atoms with Crippen molar-refractivity contribution < 1.29 is 24.2 Å². The van der Waals surface area contributed by atoms with Crippen LogP contribution < -0.4 is 10.6 Å². The van der Waals surface area contributed by atoms with E-state index in [1.807, 2.05) is 36.4 Å². The molecule has 3 rings (SSSR count). The van der Waals surface area contributed by atoms with Crippen molar-refractivity contribution in [2.24, 2.45) is 0 Å². The largest absolute Gasteiger partial charge is 0.481 e. The Balaban J connectivity index is 1.50. The first kappa shape index (κ1) is 24.0. The van der Waals surface area contributed by atoms with E-state index < -0.39 is 18.1 Å². The standard InChI is InChI=1S/C26H30N2O5/c1-2-10-23(25(31)27-16-9-3-4-15-24(29)30)28-26(32)33-17-22-20-13-7-5-11-18(20)19-12-6-8-14-21(19)22/h2,5-8,11-14,22-23H,1,3-4,9-10,15-17H2,(H,27,31)(H,28,32)(H,29,30). The van der Waals surface area contributed by atoms with Crippen molar-refractivity contribution in [3.8, 4) is 11.1 Å². The molecule has 2 aromatic rings. The van der Waals surface area contributed by atoms with E-state index in [9.17, 15) is 14.4 Å². The number of carbonyl (C=O) groups is 3. The van der Waals surface area contributed by atoms with Gasteiger partial charge in [0.2, 0.25) is 5.91 Å². The molecule has 1 unspecified atom stereocenters. The van der Waals surface area contributed by atoms with Crippen LogP contribution in [0.1, 0.15) is 49.1 Å². The molecule has 0 spiro atoms. The molecule has 1 aliphatic rings. The van der Waals surface area contributed by atoms with E-state index in [4.69, 9.17) is 9.84 Å². The molecule has 33 heavy (non-hydrogen) atoms. The van der Waals surface area contributed by atoms with Gasteiger partial charge in [-0.25, -0.2) is 4.79 Å². The molecule has 174 valence electrons. The number of carbonyl (C=O) groups excluding carboxylic acids is 2. The van der Waals surface area contributed by atoms with Gasteiger partial charge in [-0.05, 0) is 41.5 Å². The van der Waals surface area contributed by atoms with E-state index in [1.54, 1.807) is 6.08 Å². The Labute approximate surface area is 193 Å². The minimum Gasteiger partial charge on any atom is -0.481 e. The molecular weight excluding hydrogens is 420 g/mol. The highest BCUT2D eigenvalue weighted by Crippen LogP contribution is 2.44. The van der Waals surface area contributed by atoms with Crippen LogP contribution in [0.5, 0.6) is 0 Å². The second kappa shape index (κ2) is 11.9. The second-order valence-corrected chi connectivity index (χ2v) is 8.04. The topological polar surface area (TPSA) is 105 Å². The summed E-state index contributed by atoms with van der Waals surface area (Å²) in [7, 11) is 0. The Kier molecular flexibility index (Phi) is 8.63. The van der Waals surface area contributed by atoms with Crippen molar-refractivity contribution in [1.29, 1.82) is 0 Å². The fourth-order valence-electron chi connectivity index (χ4n) is 4.09. The lowest BCUT2D eigenvalue weighted by Crippen LogP contribution is -2.47. The van der Waals surface area contributed by atoms with Crippen LogP contribution in [0.4, 0.5) is 4.79 Å². The molecule has 0 saturated heterocycles. The van der Waals surface area contributed by atoms with Gasteiger partial charge in [0.15, 0.2) is 0 Å². The second-order valence-electron chi connectivity index (χ2n) is 8.04. The number of carboxylic acids is 1. The summed E-state index contributed by atoms with van der Waals surface area (Å²) in [6, 6.07) is 15.4. The summed E-state index contributed by atoms with van der Waals surface area (Å²) in [6.45, 7) is 4.25. The highest BCUT2D eigenvalue weighted by molar-refractivity contribution is 5.86. The molecule has 0 aliphatic heterocycles. The first-order valence-corrected chi connectivity index (χ1v) is 11.2. The van der Waals surface area contributed by atoms with Gasteiger partial charge in [0.1, 0.15) is 12.6 Å². The van der Waals surface area contributed by atoms with Crippen LogP contribution in [-0.2, 0) is 14.3 Å². The maximum atomic E-state index is 12.5. The molecule has 0 saturated carbocycles. The average molecular weight is 451 g/mol. The number of unbranched alkanes of at least 4 members (excludes halogenated alkanes) is 2. The van der Waals surface area contributed by atoms with E-state index in [1.165, 1.54) is 0 Å². The van der Waals surface area contributed by atoms with Crippen LogP contribution in [0.15, 0.2) is 61.2 Å². The van der Waals surface area contributed by atoms with Crippen molar-refractivity contribution >= 4 is 18.0 Å². The zero-order chi connectivity index (χ0) is 23.6. The van der Waals surface area contributed by atoms with Gasteiger partial charge >= 0.3 is 12.1 Å². The van der Waals surface area contributed by atoms with Gasteiger partial charge in [0.05, 0.1) is 0 Å². The van der Waals surface area contributed by atoms with Gasteiger partial charge in [-0.2, -0.15) is 0 Å². The van der Waals surface area contributed by atoms with Crippen molar-refractivity contribution in [2.45, 2.75) is 44.1 Å². The van der Waals surface area contributed by atoms with Gasteiger partial charge in [-0.3, -0.25) is 9.59 Å². The highest BCUT2D eigenvalue weighted by Gasteiger charge is 2.29. The van der Waals surface area contributed by atoms with Gasteiger partial charge in [-0.15, -0.1) is 6.58 Å². The predicted molar refractivity (Wildman–Crippen MR) is 126 cm³/mol. The zero-order valence-electron chi connectivity index (χ0n) is 18.6. The molecule has 7 nitrogen and oxygen atoms in total. The molecule has 1 atom stereocenters. The monoisotopic (exact) mass is 450 g/mol. The van der Waals surface area contributed by atoms with Crippen LogP contribution in [0.25, 0.3) is 11.1 Å². The third kappa shape index (κ3) is 6.44. The SMILES string of the molecule is C=CCC(NC(=O)OCC1c2ccccc2-c2ccccc21)C(=O)NCCCCCC(=O)O. The average Bonchev–Trinajstić information content (AvgIpc) is 3.13. The molecule has 0 bridgehead atoms. The van der Waals surface area contributed by atoms with E-state index in [2.05, 4.69) is 29.3 Å². The van der Waals surface area contributed by atoms with Gasteiger partial charge in [0, 0.05) is 18.9 Å². The maximum Gasteiger partial charge on any atom is 0.407 e. The Hall–Kier alpha value is -3.61. The number of alkyl carbamates (subject to hydrolysis) is 1. The van der Waals surface area contributed by atoms with Crippen LogP contribution >= 0.6 is 0 Å². The van der Waals surface area contributed by atoms with Crippen LogP contribution in [0, 0.1) is 0 Å². The van der Waals surface area contributed by atoms with Crippen LogP contribution in [0.2, 0.25) is 0 Å². The predicted octanol–water partition coefficient (Wildman–Crippen LogP) is 4.23. The van der Waals surface area contributed by atoms with E-state index >= 15 is 0 Å². The van der Waals surface area contributed by atoms with Crippen molar-refractivity contribution in [1.82, 2.24) is 10.6 Å². The van der Waals surface area contributed by atoms with Crippen molar-refractivity contribution in [3.05, 3.63) is 72.3 Å². The molecule has 1 aliphatic carbocycles. The normalized spacial score (nSPS) is 12.8. The minimum absolute atomic E-state index is 0.0550. The lowest BCUT2D eigenvalue weighted by atomic mass is 9.98. The Morgan fingerprint density at radius 1 is 1.00 bits per heavy atom. The van der Waals surface area contributed by atoms with Gasteiger partial charge < -0.3 is 20.5 Å². The number of ether oxygens (including phenoxy) is 1. The highest BCUT2D eigenvalue weighted by atomic mass is 16.5.